The van der Waals surface area contributed by atoms with Crippen molar-refractivity contribution >= 4 is 75.8 Å². The normalized spacial score (nSPS) is 16.5. The second-order valence-corrected chi connectivity index (χ2v) is 19.9. The number of hydrazine groups is 2. The minimum absolute atomic E-state index is 0. The van der Waals surface area contributed by atoms with Gasteiger partial charge in [0.25, 0.3) is 0 Å². The van der Waals surface area contributed by atoms with Crippen molar-refractivity contribution in [1.82, 2.24) is 35.6 Å². The number of halogens is 2. The highest BCUT2D eigenvalue weighted by Crippen LogP contribution is 2.38. The zero-order valence-electron chi connectivity index (χ0n) is 45.8. The Hall–Kier alpha value is -4.33. The SMILES string of the molecule is CCc1nc2c(c(NC3CCOCC3)c1CCl)CNN2CC.CCc1nc2c(c(NC3CCOCC3)c1CN)CNN2CC.CCc1nc2c(cnn2CC)c(NC2CCOCC2)c1CO.Cl.OOOSc1ccccc1. The molecule has 5 aliphatic heterocycles. The van der Waals surface area contributed by atoms with Crippen LogP contribution in [0.5, 0.6) is 0 Å². The summed E-state index contributed by atoms with van der Waals surface area (Å²) in [6.07, 6.45) is 10.6. The van der Waals surface area contributed by atoms with E-state index in [4.69, 9.17) is 51.8 Å². The van der Waals surface area contributed by atoms with E-state index in [1.165, 1.54) is 28.1 Å². The molecule has 0 bridgehead atoms. The first kappa shape index (κ1) is 61.9. The number of nitrogens with one attached hydrogen (secondary N) is 5. The van der Waals surface area contributed by atoms with Gasteiger partial charge >= 0.3 is 0 Å². The predicted molar refractivity (Wildman–Crippen MR) is 310 cm³/mol. The molecule has 0 aliphatic carbocycles. The van der Waals surface area contributed by atoms with Crippen LogP contribution >= 0.6 is 36.1 Å². The van der Waals surface area contributed by atoms with E-state index in [0.717, 1.165) is 204 Å². The molecule has 0 amide bonds. The van der Waals surface area contributed by atoms with Crippen molar-refractivity contribution in [3.63, 3.8) is 0 Å². The van der Waals surface area contributed by atoms with Crippen LogP contribution < -0.4 is 42.6 Å². The van der Waals surface area contributed by atoms with Crippen LogP contribution in [0.4, 0.5) is 28.7 Å². The third-order valence-corrected chi connectivity index (χ3v) is 15.2. The summed E-state index contributed by atoms with van der Waals surface area (Å²) in [5.41, 5.74) is 26.1. The maximum Gasteiger partial charge on any atom is 0.160 e. The molecule has 1 aromatic carbocycles. The Balaban J connectivity index is 0.000000171. The molecular formula is C54H83Cl2N13O7S. The van der Waals surface area contributed by atoms with Crippen LogP contribution in [0.3, 0.4) is 0 Å². The molecular weight excluding hydrogens is 1050 g/mol. The Bertz CT molecular complexity index is 2480. The number of anilines is 5. The molecule has 10 rings (SSSR count). The third kappa shape index (κ3) is 15.7. The highest BCUT2D eigenvalue weighted by Gasteiger charge is 2.30. The van der Waals surface area contributed by atoms with Gasteiger partial charge in [-0.15, -0.1) is 28.3 Å². The minimum atomic E-state index is -0.00499. The van der Waals surface area contributed by atoms with Gasteiger partial charge in [-0.1, -0.05) is 44.0 Å². The molecule has 9 heterocycles. The second-order valence-electron chi connectivity index (χ2n) is 18.9. The molecule has 5 aromatic rings. The zero-order valence-corrected chi connectivity index (χ0v) is 48.2. The summed E-state index contributed by atoms with van der Waals surface area (Å²) in [6, 6.07) is 10.6. The van der Waals surface area contributed by atoms with Gasteiger partial charge in [0.1, 0.15) is 11.6 Å². The van der Waals surface area contributed by atoms with Gasteiger partial charge in [0.05, 0.1) is 47.5 Å². The summed E-state index contributed by atoms with van der Waals surface area (Å²) in [5, 5.41) is 41.8. The van der Waals surface area contributed by atoms with Crippen LogP contribution in [-0.4, -0.2) is 106 Å². The van der Waals surface area contributed by atoms with Gasteiger partial charge in [0.15, 0.2) is 5.65 Å². The molecule has 0 spiro atoms. The fourth-order valence-electron chi connectivity index (χ4n) is 10.2. The number of aryl methyl sites for hydroxylation is 4. The molecule has 0 unspecified atom stereocenters. The molecule has 426 valence electrons. The third-order valence-electron chi connectivity index (χ3n) is 14.3. The molecule has 20 nitrogen and oxygen atoms in total. The number of rotatable bonds is 18. The number of nitrogens with zero attached hydrogens (tertiary/aromatic N) is 7. The van der Waals surface area contributed by atoms with Crippen molar-refractivity contribution in [2.45, 2.75) is 161 Å². The Kier molecular flexibility index (Phi) is 25.8. The maximum absolute atomic E-state index is 9.85. The lowest BCUT2D eigenvalue weighted by Gasteiger charge is -2.27. The summed E-state index contributed by atoms with van der Waals surface area (Å²) < 4.78 is 22.5. The number of alkyl halides is 1. The Labute approximate surface area is 470 Å². The van der Waals surface area contributed by atoms with Crippen LogP contribution in [0.1, 0.15) is 125 Å². The van der Waals surface area contributed by atoms with E-state index in [2.05, 4.69) is 92.8 Å². The molecule has 77 heavy (non-hydrogen) atoms. The lowest BCUT2D eigenvalue weighted by atomic mass is 10.0. The number of pyridine rings is 3. The first-order valence-electron chi connectivity index (χ1n) is 27.4. The van der Waals surface area contributed by atoms with Gasteiger partial charge in [-0.2, -0.15) is 5.10 Å². The minimum Gasteiger partial charge on any atom is -0.392 e. The van der Waals surface area contributed by atoms with Crippen LogP contribution in [0.15, 0.2) is 41.4 Å². The molecule has 0 saturated carbocycles. The number of hydrogen-bond donors (Lipinski definition) is 8. The highest BCUT2D eigenvalue weighted by atomic mass is 35.5. The Morgan fingerprint density at radius 3 is 1.57 bits per heavy atom. The standard InChI is InChI=1S/C16H25ClN4O.C16H27N5O.C16H24N4O2.C6H6O3S.ClH/c2*1-3-14-12(9-17)15(19-11-5-7-22-8-6-11)13-10-18-21(4-2)16(13)20-14;1-3-14-13(10-21)15(18-11-5-7-22-8-6-11)12-9-17-20(4-2)16(12)19-14;7-8-9-10-6-4-2-1-3-5-6;/h11,18H,3-10H2,1-2H3,(H,19,20);11,18H,3-10,17H2,1-2H3,(H,19,20);9,11,21H,3-8,10H2,1-2H3,(H,18,19);1-5,7H;1H. The van der Waals surface area contributed by atoms with Crippen LogP contribution in [0.2, 0.25) is 0 Å². The maximum atomic E-state index is 9.85. The first-order chi connectivity index (χ1) is 37.3. The smallest absolute Gasteiger partial charge is 0.160 e. The van der Waals surface area contributed by atoms with Crippen molar-refractivity contribution in [2.24, 2.45) is 5.73 Å². The van der Waals surface area contributed by atoms with E-state index in [-0.39, 0.29) is 19.0 Å². The van der Waals surface area contributed by atoms with Gasteiger partial charge < -0.3 is 41.0 Å². The topological polar surface area (TPSA) is 236 Å². The Morgan fingerprint density at radius 2 is 1.14 bits per heavy atom. The molecule has 3 fully saturated rings. The molecule has 0 radical (unpaired) electrons. The molecule has 23 heteroatoms. The van der Waals surface area contributed by atoms with E-state index >= 15 is 0 Å². The fraction of sp³-hybridized carbons (Fsp3) is 0.593. The predicted octanol–water partition coefficient (Wildman–Crippen LogP) is 8.99. The number of aliphatic hydroxyl groups is 1. The van der Waals surface area contributed by atoms with Crippen LogP contribution in [0.25, 0.3) is 11.0 Å². The number of fused-ring (bicyclic) bond motifs is 3. The van der Waals surface area contributed by atoms with Crippen LogP contribution in [-0.2, 0) is 81.5 Å². The summed E-state index contributed by atoms with van der Waals surface area (Å²) in [4.78, 5) is 15.3. The number of aliphatic hydroxyl groups excluding tert-OH is 1. The van der Waals surface area contributed by atoms with Gasteiger partial charge in [0.2, 0.25) is 0 Å². The molecule has 4 aromatic heterocycles. The van der Waals surface area contributed by atoms with Gasteiger partial charge in [0, 0.05) is 153 Å². The summed E-state index contributed by atoms with van der Waals surface area (Å²) in [5.74, 6) is 2.62. The van der Waals surface area contributed by atoms with Crippen molar-refractivity contribution in [1.29, 1.82) is 0 Å². The van der Waals surface area contributed by atoms with E-state index < -0.39 is 0 Å². The number of nitrogens with two attached hydrogens (primary N) is 1. The number of aromatic nitrogens is 5. The van der Waals surface area contributed by atoms with Crippen molar-refractivity contribution in [3.05, 3.63) is 81.4 Å². The largest absolute Gasteiger partial charge is 0.392 e. The lowest BCUT2D eigenvalue weighted by Crippen LogP contribution is -2.32. The fourth-order valence-corrected chi connectivity index (χ4v) is 10.9. The summed E-state index contributed by atoms with van der Waals surface area (Å²) in [7, 11) is 0. The zero-order chi connectivity index (χ0) is 53.8. The van der Waals surface area contributed by atoms with E-state index in [9.17, 15) is 5.11 Å². The van der Waals surface area contributed by atoms with Gasteiger partial charge in [-0.3, -0.25) is 10.0 Å². The molecule has 5 aliphatic rings. The number of hydrogen-bond acceptors (Lipinski definition) is 20. The van der Waals surface area contributed by atoms with Crippen molar-refractivity contribution < 1.29 is 33.9 Å². The van der Waals surface area contributed by atoms with Gasteiger partial charge in [-0.25, -0.2) is 35.7 Å². The lowest BCUT2D eigenvalue weighted by molar-refractivity contribution is -0.432. The number of ether oxygens (including phenoxy) is 3. The van der Waals surface area contributed by atoms with Gasteiger partial charge in [-0.05, 0) is 90.7 Å². The van der Waals surface area contributed by atoms with E-state index in [1.807, 2.05) is 41.2 Å². The summed E-state index contributed by atoms with van der Waals surface area (Å²) in [6.45, 7) is 22.4. The summed E-state index contributed by atoms with van der Waals surface area (Å²) >= 11 is 7.22. The average molecular weight is 1130 g/mol. The van der Waals surface area contributed by atoms with Crippen LogP contribution in [0, 0.1) is 0 Å². The Morgan fingerprint density at radius 1 is 0.675 bits per heavy atom. The molecule has 9 N–H and O–H groups in total. The average Bonchev–Trinajstić information content (AvgIpc) is 4.28. The highest BCUT2D eigenvalue weighted by molar-refractivity contribution is 7.94. The monoisotopic (exact) mass is 1130 g/mol. The van der Waals surface area contributed by atoms with E-state index in [1.54, 1.807) is 0 Å². The molecule has 0 atom stereocenters. The number of benzene rings is 1. The molecule has 3 saturated heterocycles. The first-order valence-corrected chi connectivity index (χ1v) is 28.6. The van der Waals surface area contributed by atoms with Crippen molar-refractivity contribution in [3.8, 4) is 0 Å². The second kappa shape index (κ2) is 32.1. The van der Waals surface area contributed by atoms with E-state index in [0.29, 0.717) is 30.6 Å². The van der Waals surface area contributed by atoms with Crippen molar-refractivity contribution in [2.75, 3.05) is 78.7 Å². The quantitative estimate of drug-likeness (QED) is 0.0177.